The fourth-order valence-electron chi connectivity index (χ4n) is 4.19. The summed E-state index contributed by atoms with van der Waals surface area (Å²) in [4.78, 5) is 23.0. The van der Waals surface area contributed by atoms with Crippen LogP contribution in [0.4, 0.5) is 5.82 Å². The van der Waals surface area contributed by atoms with Gasteiger partial charge in [-0.05, 0) is 56.1 Å². The van der Waals surface area contributed by atoms with Gasteiger partial charge in [0.05, 0.1) is 5.52 Å². The first kappa shape index (κ1) is 17.0. The molecule has 1 aliphatic rings. The SMILES string of the molecule is CN1CCC[C@@H]1c1cc2cnc(NC(=O)c3ccc4ccn(C)c4c3)cc2[nH]1. The van der Waals surface area contributed by atoms with E-state index in [1.807, 2.05) is 54.3 Å². The number of aromatic amines is 1. The zero-order valence-electron chi connectivity index (χ0n) is 16.1. The van der Waals surface area contributed by atoms with Crippen molar-refractivity contribution >= 4 is 33.5 Å². The normalized spacial score (nSPS) is 17.6. The number of rotatable bonds is 3. The first-order valence-electron chi connectivity index (χ1n) is 9.64. The smallest absolute Gasteiger partial charge is 0.256 e. The van der Waals surface area contributed by atoms with E-state index in [2.05, 4.69) is 33.3 Å². The fourth-order valence-corrected chi connectivity index (χ4v) is 4.19. The Labute approximate surface area is 163 Å². The number of aryl methyl sites for hydroxylation is 1. The molecule has 0 radical (unpaired) electrons. The van der Waals surface area contributed by atoms with E-state index in [1.54, 1.807) is 0 Å². The molecule has 142 valence electrons. The van der Waals surface area contributed by atoms with E-state index in [0.717, 1.165) is 28.4 Å². The highest BCUT2D eigenvalue weighted by Crippen LogP contribution is 2.32. The number of likely N-dealkylation sites (tertiary alicyclic amines) is 1. The quantitative estimate of drug-likeness (QED) is 0.569. The number of carbonyl (C=O) groups excluding carboxylic acids is 1. The molecule has 1 aliphatic heterocycles. The van der Waals surface area contributed by atoms with Crippen LogP contribution in [0.2, 0.25) is 0 Å². The molecule has 1 fully saturated rings. The van der Waals surface area contributed by atoms with E-state index in [-0.39, 0.29) is 5.91 Å². The van der Waals surface area contributed by atoms with Gasteiger partial charge in [0.2, 0.25) is 0 Å². The van der Waals surface area contributed by atoms with Crippen LogP contribution < -0.4 is 5.32 Å². The molecule has 1 saturated heterocycles. The summed E-state index contributed by atoms with van der Waals surface area (Å²) in [5, 5.41) is 5.11. The fraction of sp³-hybridized carbons (Fsp3) is 0.273. The second-order valence-electron chi connectivity index (χ2n) is 7.67. The van der Waals surface area contributed by atoms with Crippen LogP contribution in [0.25, 0.3) is 21.8 Å². The van der Waals surface area contributed by atoms with Crippen molar-refractivity contribution in [3.05, 3.63) is 60.0 Å². The summed E-state index contributed by atoms with van der Waals surface area (Å²) in [6.45, 7) is 1.13. The molecule has 0 bridgehead atoms. The van der Waals surface area contributed by atoms with Crippen LogP contribution in [0.3, 0.4) is 0 Å². The molecule has 0 unspecified atom stereocenters. The maximum Gasteiger partial charge on any atom is 0.256 e. The van der Waals surface area contributed by atoms with Gasteiger partial charge < -0.3 is 14.9 Å². The van der Waals surface area contributed by atoms with Crippen LogP contribution >= 0.6 is 0 Å². The van der Waals surface area contributed by atoms with Crippen molar-refractivity contribution in [1.29, 1.82) is 0 Å². The highest BCUT2D eigenvalue weighted by Gasteiger charge is 2.24. The molecule has 2 N–H and O–H groups in total. The largest absolute Gasteiger partial charge is 0.357 e. The Morgan fingerprint density at radius 1 is 1.18 bits per heavy atom. The maximum absolute atomic E-state index is 12.7. The topological polar surface area (TPSA) is 66.0 Å². The summed E-state index contributed by atoms with van der Waals surface area (Å²) >= 11 is 0. The molecule has 3 aromatic heterocycles. The third-order valence-electron chi connectivity index (χ3n) is 5.80. The van der Waals surface area contributed by atoms with Crippen LogP contribution in [-0.4, -0.2) is 38.9 Å². The minimum Gasteiger partial charge on any atom is -0.357 e. The Bertz CT molecular complexity index is 1190. The number of hydrogen-bond acceptors (Lipinski definition) is 3. The Hall–Kier alpha value is -3.12. The lowest BCUT2D eigenvalue weighted by molar-refractivity contribution is 0.102. The van der Waals surface area contributed by atoms with Crippen molar-refractivity contribution < 1.29 is 4.79 Å². The molecule has 4 aromatic rings. The minimum atomic E-state index is -0.155. The lowest BCUT2D eigenvalue weighted by Crippen LogP contribution is -2.17. The summed E-state index contributed by atoms with van der Waals surface area (Å²) in [7, 11) is 4.14. The Kier molecular flexibility index (Phi) is 3.94. The second kappa shape index (κ2) is 6.49. The Balaban J connectivity index is 1.40. The molecule has 1 atom stereocenters. The number of carbonyl (C=O) groups is 1. The molecule has 6 nitrogen and oxygen atoms in total. The molecule has 0 aliphatic carbocycles. The van der Waals surface area contributed by atoms with E-state index in [9.17, 15) is 4.79 Å². The number of H-pyrrole nitrogens is 1. The van der Waals surface area contributed by atoms with Crippen LogP contribution in [0.15, 0.2) is 48.8 Å². The third kappa shape index (κ3) is 2.86. The van der Waals surface area contributed by atoms with E-state index in [0.29, 0.717) is 17.4 Å². The van der Waals surface area contributed by atoms with E-state index in [4.69, 9.17) is 0 Å². The van der Waals surface area contributed by atoms with E-state index in [1.165, 1.54) is 18.5 Å². The zero-order chi connectivity index (χ0) is 19.3. The van der Waals surface area contributed by atoms with Gasteiger partial charge in [-0.2, -0.15) is 0 Å². The molecule has 0 saturated carbocycles. The average molecular weight is 373 g/mol. The van der Waals surface area contributed by atoms with Gasteiger partial charge in [0.15, 0.2) is 0 Å². The number of aromatic nitrogens is 3. The second-order valence-corrected chi connectivity index (χ2v) is 7.67. The van der Waals surface area contributed by atoms with Gasteiger partial charge in [-0.1, -0.05) is 6.07 Å². The summed E-state index contributed by atoms with van der Waals surface area (Å²) in [6, 6.07) is 12.3. The van der Waals surface area contributed by atoms with Crippen LogP contribution in [0.5, 0.6) is 0 Å². The van der Waals surface area contributed by atoms with Crippen LogP contribution in [0.1, 0.15) is 34.9 Å². The number of pyridine rings is 1. The van der Waals surface area contributed by atoms with Gasteiger partial charge in [-0.15, -0.1) is 0 Å². The van der Waals surface area contributed by atoms with E-state index < -0.39 is 0 Å². The summed E-state index contributed by atoms with van der Waals surface area (Å²) in [5.41, 5.74) is 3.87. The van der Waals surface area contributed by atoms with Crippen molar-refractivity contribution in [2.45, 2.75) is 18.9 Å². The van der Waals surface area contributed by atoms with Gasteiger partial charge in [-0.25, -0.2) is 4.98 Å². The number of benzene rings is 1. The summed E-state index contributed by atoms with van der Waals surface area (Å²) in [5.74, 6) is 0.398. The lowest BCUT2D eigenvalue weighted by Gasteiger charge is -2.17. The molecule has 6 heteroatoms. The maximum atomic E-state index is 12.7. The van der Waals surface area contributed by atoms with Crippen molar-refractivity contribution in [3.63, 3.8) is 0 Å². The molecule has 5 rings (SSSR count). The van der Waals surface area contributed by atoms with Crippen LogP contribution in [-0.2, 0) is 7.05 Å². The van der Waals surface area contributed by atoms with Crippen molar-refractivity contribution in [1.82, 2.24) is 19.4 Å². The number of nitrogens with one attached hydrogen (secondary N) is 2. The van der Waals surface area contributed by atoms with Crippen molar-refractivity contribution in [2.75, 3.05) is 18.9 Å². The highest BCUT2D eigenvalue weighted by molar-refractivity contribution is 6.06. The number of amides is 1. The first-order valence-corrected chi connectivity index (χ1v) is 9.64. The molecule has 1 amide bonds. The van der Waals surface area contributed by atoms with Gasteiger partial charge in [0, 0.05) is 53.7 Å². The summed E-state index contributed by atoms with van der Waals surface area (Å²) in [6.07, 6.45) is 6.20. The van der Waals surface area contributed by atoms with Crippen LogP contribution in [0, 0.1) is 0 Å². The predicted molar refractivity (Wildman–Crippen MR) is 112 cm³/mol. The number of hydrogen-bond donors (Lipinski definition) is 2. The number of nitrogens with zero attached hydrogens (tertiary/aromatic N) is 3. The molecule has 1 aromatic carbocycles. The van der Waals surface area contributed by atoms with Gasteiger partial charge in [-0.3, -0.25) is 9.69 Å². The monoisotopic (exact) mass is 373 g/mol. The predicted octanol–water partition coefficient (Wildman–Crippen LogP) is 4.07. The van der Waals surface area contributed by atoms with Crippen molar-refractivity contribution in [3.8, 4) is 0 Å². The number of anilines is 1. The standard InChI is InChI=1S/C22H23N5O/c1-26-8-3-4-19(26)18-10-16-13-23-21(12-17(16)24-18)25-22(28)15-6-5-14-7-9-27(2)20(14)11-15/h5-7,9-13,19,24H,3-4,8H2,1-2H3,(H,23,25,28)/t19-/m1/s1. The van der Waals surface area contributed by atoms with Gasteiger partial charge in [0.1, 0.15) is 5.82 Å². The molecule has 0 spiro atoms. The first-order chi connectivity index (χ1) is 13.6. The minimum absolute atomic E-state index is 0.155. The molecular formula is C22H23N5O. The lowest BCUT2D eigenvalue weighted by atomic mass is 10.1. The third-order valence-corrected chi connectivity index (χ3v) is 5.80. The average Bonchev–Trinajstić information content (AvgIpc) is 3.39. The molecule has 28 heavy (non-hydrogen) atoms. The van der Waals surface area contributed by atoms with E-state index >= 15 is 0 Å². The molecule has 4 heterocycles. The summed E-state index contributed by atoms with van der Waals surface area (Å²) < 4.78 is 2.01. The Morgan fingerprint density at radius 3 is 2.89 bits per heavy atom. The Morgan fingerprint density at radius 2 is 2.07 bits per heavy atom. The highest BCUT2D eigenvalue weighted by atomic mass is 16.1. The van der Waals surface area contributed by atoms with Crippen molar-refractivity contribution in [2.24, 2.45) is 7.05 Å². The van der Waals surface area contributed by atoms with Gasteiger partial charge in [0.25, 0.3) is 5.91 Å². The molecular weight excluding hydrogens is 350 g/mol. The zero-order valence-corrected chi connectivity index (χ0v) is 16.1. The number of fused-ring (bicyclic) bond motifs is 2. The van der Waals surface area contributed by atoms with Gasteiger partial charge >= 0.3 is 0 Å².